The molecule has 0 fully saturated rings. The highest BCUT2D eigenvalue weighted by molar-refractivity contribution is 5.71. The van der Waals surface area contributed by atoms with Crippen molar-refractivity contribution in [2.24, 2.45) is 0 Å². The van der Waals surface area contributed by atoms with Gasteiger partial charge in [0.25, 0.3) is 0 Å². The van der Waals surface area contributed by atoms with Crippen LogP contribution in [0.5, 0.6) is 0 Å². The fourth-order valence-electron chi connectivity index (χ4n) is 0.661. The van der Waals surface area contributed by atoms with Crippen molar-refractivity contribution >= 4 is 11.9 Å². The number of carboxylic acids is 1. The minimum Gasteiger partial charge on any atom is -0.480 e. The first-order chi connectivity index (χ1) is 6.22. The Hall–Kier alpha value is -2.16. The molecule has 0 spiro atoms. The van der Waals surface area contributed by atoms with Gasteiger partial charge >= 0.3 is 5.97 Å². The summed E-state index contributed by atoms with van der Waals surface area (Å²) in [5.74, 6) is -0.868. The molecule has 0 saturated heterocycles. The lowest BCUT2D eigenvalue weighted by atomic mass is 10.4. The fourth-order valence-corrected chi connectivity index (χ4v) is 0.661. The number of rotatable bonds is 3. The van der Waals surface area contributed by atoms with Crippen molar-refractivity contribution in [3.8, 4) is 6.07 Å². The summed E-state index contributed by atoms with van der Waals surface area (Å²) in [6.07, 6.45) is 1.38. The van der Waals surface area contributed by atoms with E-state index in [1.54, 1.807) is 0 Å². The maximum absolute atomic E-state index is 10.1. The van der Waals surface area contributed by atoms with Gasteiger partial charge in [-0.25, -0.2) is 9.97 Å². The number of nitrogens with one attached hydrogen (secondary N) is 1. The van der Waals surface area contributed by atoms with E-state index in [0.717, 1.165) is 0 Å². The highest BCUT2D eigenvalue weighted by Crippen LogP contribution is 1.97. The van der Waals surface area contributed by atoms with Crippen molar-refractivity contribution < 1.29 is 9.90 Å². The summed E-state index contributed by atoms with van der Waals surface area (Å²) in [7, 11) is 0. The predicted octanol–water partition coefficient (Wildman–Crippen LogP) is -0.155. The smallest absolute Gasteiger partial charge is 0.322 e. The summed E-state index contributed by atoms with van der Waals surface area (Å²) in [5, 5.41) is 19.2. The molecule has 1 rings (SSSR count). The Morgan fingerprint density at radius 2 is 2.54 bits per heavy atom. The quantitative estimate of drug-likeness (QED) is 0.667. The molecule has 2 N–H and O–H groups in total. The summed E-state index contributed by atoms with van der Waals surface area (Å²) in [6.45, 7) is -0.269. The molecular weight excluding hydrogens is 172 g/mol. The Kier molecular flexibility index (Phi) is 2.76. The van der Waals surface area contributed by atoms with E-state index >= 15 is 0 Å². The summed E-state index contributed by atoms with van der Waals surface area (Å²) in [5.41, 5.74) is 0.197. The first kappa shape index (κ1) is 8.93. The minimum absolute atomic E-state index is 0.140. The van der Waals surface area contributed by atoms with E-state index < -0.39 is 5.97 Å². The van der Waals surface area contributed by atoms with Gasteiger partial charge in [0.05, 0.1) is 0 Å². The van der Waals surface area contributed by atoms with Crippen LogP contribution in [0, 0.1) is 11.3 Å². The normalized spacial score (nSPS) is 8.85. The van der Waals surface area contributed by atoms with Gasteiger partial charge in [0.2, 0.25) is 5.95 Å². The standard InChI is InChI=1S/C7H6N4O2/c8-3-5-1-2-9-7(11-5)10-4-6(12)13/h1-2H,4H2,(H,12,13)(H,9,10,11). The molecule has 0 aliphatic rings. The Balaban J connectivity index is 2.68. The number of aromatic nitrogens is 2. The Bertz CT molecular complexity index is 358. The van der Waals surface area contributed by atoms with Gasteiger partial charge in [-0.15, -0.1) is 0 Å². The molecule has 0 unspecified atom stereocenters. The van der Waals surface area contributed by atoms with Gasteiger partial charge in [0, 0.05) is 6.20 Å². The van der Waals surface area contributed by atoms with Gasteiger partial charge in [-0.3, -0.25) is 4.79 Å². The Labute approximate surface area is 73.9 Å². The lowest BCUT2D eigenvalue weighted by Gasteiger charge is -1.99. The highest BCUT2D eigenvalue weighted by Gasteiger charge is 1.99. The summed E-state index contributed by atoms with van der Waals surface area (Å²) in [6, 6.07) is 3.25. The van der Waals surface area contributed by atoms with Crippen LogP contribution in [0.1, 0.15) is 5.69 Å². The molecule has 0 atom stereocenters. The van der Waals surface area contributed by atoms with Crippen molar-refractivity contribution in [1.82, 2.24) is 9.97 Å². The molecule has 0 bridgehead atoms. The molecule has 13 heavy (non-hydrogen) atoms. The predicted molar refractivity (Wildman–Crippen MR) is 42.9 cm³/mol. The number of carbonyl (C=O) groups is 1. The number of hydrogen-bond acceptors (Lipinski definition) is 5. The lowest BCUT2D eigenvalue weighted by molar-refractivity contribution is -0.134. The number of hydrogen-bond donors (Lipinski definition) is 2. The third-order valence-corrected chi connectivity index (χ3v) is 1.17. The van der Waals surface area contributed by atoms with Gasteiger partial charge in [0.15, 0.2) is 0 Å². The summed E-state index contributed by atoms with van der Waals surface area (Å²) < 4.78 is 0. The van der Waals surface area contributed by atoms with Crippen LogP contribution in [0.15, 0.2) is 12.3 Å². The number of anilines is 1. The monoisotopic (exact) mass is 178 g/mol. The van der Waals surface area contributed by atoms with Crippen LogP contribution in [0.25, 0.3) is 0 Å². The van der Waals surface area contributed by atoms with Crippen LogP contribution in [-0.2, 0) is 4.79 Å². The third-order valence-electron chi connectivity index (χ3n) is 1.17. The van der Waals surface area contributed by atoms with Crippen molar-refractivity contribution in [3.63, 3.8) is 0 Å². The maximum atomic E-state index is 10.1. The molecule has 6 heteroatoms. The minimum atomic E-state index is -1.01. The maximum Gasteiger partial charge on any atom is 0.322 e. The SMILES string of the molecule is N#Cc1ccnc(NCC(=O)O)n1. The van der Waals surface area contributed by atoms with Crippen LogP contribution in [0.2, 0.25) is 0 Å². The number of nitrogens with zero attached hydrogens (tertiary/aromatic N) is 3. The lowest BCUT2D eigenvalue weighted by Crippen LogP contribution is -2.14. The Morgan fingerprint density at radius 3 is 3.15 bits per heavy atom. The van der Waals surface area contributed by atoms with Gasteiger partial charge in [-0.2, -0.15) is 5.26 Å². The highest BCUT2D eigenvalue weighted by atomic mass is 16.4. The van der Waals surface area contributed by atoms with E-state index in [9.17, 15) is 4.79 Å². The molecule has 66 valence electrons. The van der Waals surface area contributed by atoms with Crippen LogP contribution in [-0.4, -0.2) is 27.6 Å². The molecule has 0 radical (unpaired) electrons. The molecule has 1 heterocycles. The summed E-state index contributed by atoms with van der Waals surface area (Å²) >= 11 is 0. The van der Waals surface area contributed by atoms with Crippen LogP contribution in [0.3, 0.4) is 0 Å². The Morgan fingerprint density at radius 1 is 1.77 bits per heavy atom. The molecule has 6 nitrogen and oxygen atoms in total. The molecule has 0 aliphatic heterocycles. The zero-order valence-corrected chi connectivity index (χ0v) is 6.56. The van der Waals surface area contributed by atoms with Crippen molar-refractivity contribution in [2.45, 2.75) is 0 Å². The van der Waals surface area contributed by atoms with Gasteiger partial charge in [-0.05, 0) is 6.07 Å². The molecule has 0 aromatic carbocycles. The van der Waals surface area contributed by atoms with Crippen molar-refractivity contribution in [3.05, 3.63) is 18.0 Å². The largest absolute Gasteiger partial charge is 0.480 e. The second-order valence-electron chi connectivity index (χ2n) is 2.12. The molecule has 0 saturated carbocycles. The van der Waals surface area contributed by atoms with E-state index in [2.05, 4.69) is 15.3 Å². The molecule has 1 aromatic heterocycles. The second-order valence-corrected chi connectivity index (χ2v) is 2.12. The van der Waals surface area contributed by atoms with E-state index in [0.29, 0.717) is 0 Å². The second kappa shape index (κ2) is 4.01. The fraction of sp³-hybridized carbons (Fsp3) is 0.143. The van der Waals surface area contributed by atoms with Crippen LogP contribution >= 0.6 is 0 Å². The van der Waals surface area contributed by atoms with Gasteiger partial charge < -0.3 is 10.4 Å². The van der Waals surface area contributed by atoms with Crippen molar-refractivity contribution in [1.29, 1.82) is 5.26 Å². The van der Waals surface area contributed by atoms with E-state index in [4.69, 9.17) is 10.4 Å². The third kappa shape index (κ3) is 2.75. The first-order valence-electron chi connectivity index (χ1n) is 3.41. The number of carboxylic acid groups (broad SMARTS) is 1. The van der Waals surface area contributed by atoms with Crippen LogP contribution in [0.4, 0.5) is 5.95 Å². The van der Waals surface area contributed by atoms with E-state index in [-0.39, 0.29) is 18.2 Å². The van der Waals surface area contributed by atoms with Gasteiger partial charge in [-0.1, -0.05) is 0 Å². The van der Waals surface area contributed by atoms with Crippen LogP contribution < -0.4 is 5.32 Å². The molecule has 0 amide bonds. The molecule has 0 aliphatic carbocycles. The van der Waals surface area contributed by atoms with E-state index in [1.165, 1.54) is 12.3 Å². The number of nitriles is 1. The van der Waals surface area contributed by atoms with Crippen molar-refractivity contribution in [2.75, 3.05) is 11.9 Å². The number of aliphatic carboxylic acids is 1. The zero-order chi connectivity index (χ0) is 9.68. The molecular formula is C7H6N4O2. The average molecular weight is 178 g/mol. The average Bonchev–Trinajstić information content (AvgIpc) is 2.15. The molecule has 1 aromatic rings. The van der Waals surface area contributed by atoms with E-state index in [1.807, 2.05) is 6.07 Å². The summed E-state index contributed by atoms with van der Waals surface area (Å²) in [4.78, 5) is 17.6. The first-order valence-corrected chi connectivity index (χ1v) is 3.41. The zero-order valence-electron chi connectivity index (χ0n) is 6.56. The van der Waals surface area contributed by atoms with Gasteiger partial charge in [0.1, 0.15) is 18.3 Å². The topological polar surface area (TPSA) is 98.9 Å².